The van der Waals surface area contributed by atoms with Crippen LogP contribution in [0.2, 0.25) is 0 Å². The van der Waals surface area contributed by atoms with Crippen molar-refractivity contribution in [3.63, 3.8) is 0 Å². The molecule has 0 aliphatic carbocycles. The lowest BCUT2D eigenvalue weighted by Crippen LogP contribution is -2.37. The molecule has 1 unspecified atom stereocenters. The molecule has 17 heavy (non-hydrogen) atoms. The van der Waals surface area contributed by atoms with Crippen molar-refractivity contribution in [3.05, 3.63) is 35.4 Å². The standard InChI is InChI=1S/C13H20N2OS/c1-3-6-12(13(16)15-14)17-9-11-8-5-4-7-10(11)2/h4-5,7-8,12H,3,6,9,14H2,1-2H3,(H,15,16). The van der Waals surface area contributed by atoms with Crippen LogP contribution in [0.5, 0.6) is 0 Å². The number of aryl methyl sites for hydroxylation is 1. The van der Waals surface area contributed by atoms with Gasteiger partial charge in [0.25, 0.3) is 0 Å². The van der Waals surface area contributed by atoms with E-state index < -0.39 is 0 Å². The fraction of sp³-hybridized carbons (Fsp3) is 0.462. The van der Waals surface area contributed by atoms with Gasteiger partial charge in [-0.3, -0.25) is 10.2 Å². The molecule has 3 N–H and O–H groups in total. The van der Waals surface area contributed by atoms with Crippen molar-refractivity contribution in [1.29, 1.82) is 0 Å². The zero-order chi connectivity index (χ0) is 12.7. The number of rotatable bonds is 6. The molecule has 4 heteroatoms. The van der Waals surface area contributed by atoms with Crippen LogP contribution in [-0.2, 0) is 10.5 Å². The van der Waals surface area contributed by atoms with Crippen molar-refractivity contribution in [2.24, 2.45) is 5.84 Å². The van der Waals surface area contributed by atoms with E-state index in [9.17, 15) is 4.79 Å². The molecule has 0 aromatic heterocycles. The summed E-state index contributed by atoms with van der Waals surface area (Å²) in [5.41, 5.74) is 4.79. The van der Waals surface area contributed by atoms with Gasteiger partial charge in [-0.1, -0.05) is 37.6 Å². The van der Waals surface area contributed by atoms with Gasteiger partial charge in [0.2, 0.25) is 5.91 Å². The molecule has 94 valence electrons. The average Bonchev–Trinajstić information content (AvgIpc) is 2.35. The van der Waals surface area contributed by atoms with Gasteiger partial charge in [-0.2, -0.15) is 0 Å². The monoisotopic (exact) mass is 252 g/mol. The summed E-state index contributed by atoms with van der Waals surface area (Å²) in [5.74, 6) is 5.96. The molecule has 0 fully saturated rings. The highest BCUT2D eigenvalue weighted by atomic mass is 32.2. The average molecular weight is 252 g/mol. The minimum absolute atomic E-state index is 0.0513. The Kier molecular flexibility index (Phi) is 6.08. The highest BCUT2D eigenvalue weighted by molar-refractivity contribution is 7.99. The first-order chi connectivity index (χ1) is 8.19. The van der Waals surface area contributed by atoms with Crippen molar-refractivity contribution in [2.45, 2.75) is 37.7 Å². The summed E-state index contributed by atoms with van der Waals surface area (Å²) in [6.45, 7) is 4.17. The van der Waals surface area contributed by atoms with Crippen LogP contribution < -0.4 is 11.3 Å². The van der Waals surface area contributed by atoms with Gasteiger partial charge < -0.3 is 0 Å². The number of benzene rings is 1. The third kappa shape index (κ3) is 4.40. The number of hydrogen-bond acceptors (Lipinski definition) is 3. The molecule has 0 aliphatic heterocycles. The SMILES string of the molecule is CCCC(SCc1ccccc1C)C(=O)NN. The lowest BCUT2D eigenvalue weighted by molar-refractivity contribution is -0.120. The number of hydrogen-bond donors (Lipinski definition) is 2. The van der Waals surface area contributed by atoms with Crippen LogP contribution in [0.1, 0.15) is 30.9 Å². The third-order valence-electron chi connectivity index (χ3n) is 2.69. The second kappa shape index (κ2) is 7.35. The molecule has 0 saturated heterocycles. The number of nitrogens with one attached hydrogen (secondary N) is 1. The van der Waals surface area contributed by atoms with E-state index in [1.165, 1.54) is 11.1 Å². The summed E-state index contributed by atoms with van der Waals surface area (Å²) in [7, 11) is 0. The van der Waals surface area contributed by atoms with Crippen molar-refractivity contribution in [2.75, 3.05) is 0 Å². The fourth-order valence-corrected chi connectivity index (χ4v) is 2.93. The normalized spacial score (nSPS) is 12.2. The molecule has 1 atom stereocenters. The van der Waals surface area contributed by atoms with Gasteiger partial charge in [0.1, 0.15) is 0 Å². The first-order valence-corrected chi connectivity index (χ1v) is 6.90. The van der Waals surface area contributed by atoms with E-state index in [0.29, 0.717) is 0 Å². The van der Waals surface area contributed by atoms with Crippen molar-refractivity contribution in [1.82, 2.24) is 5.43 Å². The molecule has 0 aliphatic rings. The van der Waals surface area contributed by atoms with Crippen LogP contribution >= 0.6 is 11.8 Å². The summed E-state index contributed by atoms with van der Waals surface area (Å²) in [6.07, 6.45) is 1.85. The number of carbonyl (C=O) groups is 1. The molecule has 1 amide bonds. The Morgan fingerprint density at radius 3 is 2.76 bits per heavy atom. The number of amides is 1. The minimum Gasteiger partial charge on any atom is -0.293 e. The van der Waals surface area contributed by atoms with Crippen LogP contribution in [-0.4, -0.2) is 11.2 Å². The summed E-state index contributed by atoms with van der Waals surface area (Å²) in [5, 5.41) is -0.0513. The van der Waals surface area contributed by atoms with Crippen LogP contribution in [0, 0.1) is 6.92 Å². The van der Waals surface area contributed by atoms with Gasteiger partial charge in [0.15, 0.2) is 0 Å². The van der Waals surface area contributed by atoms with Gasteiger partial charge in [0.05, 0.1) is 5.25 Å². The second-order valence-corrected chi connectivity index (χ2v) is 5.21. The first kappa shape index (κ1) is 14.1. The number of nitrogens with two attached hydrogens (primary N) is 1. The predicted octanol–water partition coefficient (Wildman–Crippen LogP) is 2.39. The van der Waals surface area contributed by atoms with Gasteiger partial charge in [-0.05, 0) is 24.5 Å². The smallest absolute Gasteiger partial charge is 0.246 e. The summed E-state index contributed by atoms with van der Waals surface area (Å²) < 4.78 is 0. The Bertz CT molecular complexity index is 368. The van der Waals surface area contributed by atoms with Gasteiger partial charge in [0, 0.05) is 5.75 Å². The zero-order valence-corrected chi connectivity index (χ0v) is 11.2. The fourth-order valence-electron chi connectivity index (χ4n) is 1.61. The summed E-state index contributed by atoms with van der Waals surface area (Å²) in [4.78, 5) is 11.6. The zero-order valence-electron chi connectivity index (χ0n) is 10.4. The van der Waals surface area contributed by atoms with E-state index in [2.05, 4.69) is 31.4 Å². The molecule has 1 aromatic rings. The van der Waals surface area contributed by atoms with E-state index >= 15 is 0 Å². The molecule has 0 bridgehead atoms. The molecule has 0 heterocycles. The van der Waals surface area contributed by atoms with E-state index in [1.807, 2.05) is 12.1 Å². The molecule has 3 nitrogen and oxygen atoms in total. The van der Waals surface area contributed by atoms with Crippen LogP contribution in [0.25, 0.3) is 0 Å². The second-order valence-electron chi connectivity index (χ2n) is 4.02. The van der Waals surface area contributed by atoms with Gasteiger partial charge in [-0.15, -0.1) is 11.8 Å². The van der Waals surface area contributed by atoms with Crippen LogP contribution in [0.15, 0.2) is 24.3 Å². The van der Waals surface area contributed by atoms with Crippen molar-refractivity contribution >= 4 is 17.7 Å². The van der Waals surface area contributed by atoms with Gasteiger partial charge in [-0.25, -0.2) is 5.84 Å². The lowest BCUT2D eigenvalue weighted by Gasteiger charge is -2.14. The van der Waals surface area contributed by atoms with Crippen LogP contribution in [0.3, 0.4) is 0 Å². The third-order valence-corrected chi connectivity index (χ3v) is 4.02. The quantitative estimate of drug-likeness (QED) is 0.464. The Labute approximate surface area is 107 Å². The Balaban J connectivity index is 2.57. The van der Waals surface area contributed by atoms with E-state index in [1.54, 1.807) is 11.8 Å². The number of carbonyl (C=O) groups excluding carboxylic acids is 1. The van der Waals surface area contributed by atoms with Crippen molar-refractivity contribution < 1.29 is 4.79 Å². The molecule has 1 rings (SSSR count). The van der Waals surface area contributed by atoms with Crippen LogP contribution in [0.4, 0.5) is 0 Å². The molecule has 0 spiro atoms. The van der Waals surface area contributed by atoms with E-state index in [0.717, 1.165) is 18.6 Å². The number of thioether (sulfide) groups is 1. The molecule has 0 radical (unpaired) electrons. The molecular weight excluding hydrogens is 232 g/mol. The van der Waals surface area contributed by atoms with Crippen molar-refractivity contribution in [3.8, 4) is 0 Å². The molecular formula is C13H20N2OS. The maximum absolute atomic E-state index is 11.6. The molecule has 1 aromatic carbocycles. The summed E-state index contributed by atoms with van der Waals surface area (Å²) in [6, 6.07) is 8.25. The maximum atomic E-state index is 11.6. The van der Waals surface area contributed by atoms with Gasteiger partial charge >= 0.3 is 0 Å². The minimum atomic E-state index is -0.0783. The lowest BCUT2D eigenvalue weighted by atomic mass is 10.1. The highest BCUT2D eigenvalue weighted by Gasteiger charge is 2.17. The van der Waals surface area contributed by atoms with E-state index in [-0.39, 0.29) is 11.2 Å². The highest BCUT2D eigenvalue weighted by Crippen LogP contribution is 2.23. The first-order valence-electron chi connectivity index (χ1n) is 5.85. The van der Waals surface area contributed by atoms with E-state index in [4.69, 9.17) is 5.84 Å². The largest absolute Gasteiger partial charge is 0.293 e. The Morgan fingerprint density at radius 1 is 1.47 bits per heavy atom. The predicted molar refractivity (Wildman–Crippen MR) is 73.5 cm³/mol. The summed E-state index contributed by atoms with van der Waals surface area (Å²) >= 11 is 1.65. The molecule has 0 saturated carbocycles. The number of hydrazine groups is 1. The Morgan fingerprint density at radius 2 is 2.18 bits per heavy atom. The Hall–Kier alpha value is -1.00. The topological polar surface area (TPSA) is 55.1 Å². The maximum Gasteiger partial charge on any atom is 0.246 e.